The summed E-state index contributed by atoms with van der Waals surface area (Å²) in [5.41, 5.74) is 3.71. The van der Waals surface area contributed by atoms with Crippen molar-refractivity contribution in [3.05, 3.63) is 78.2 Å². The Morgan fingerprint density at radius 3 is 2.53 bits per heavy atom. The average Bonchev–Trinajstić information content (AvgIpc) is 3.37. The fraction of sp³-hybridized carbons (Fsp3) is 0.0800. The highest BCUT2D eigenvalue weighted by molar-refractivity contribution is 6.11. The molecule has 2 aromatic heterocycles. The number of para-hydroxylation sites is 1. The van der Waals surface area contributed by atoms with Crippen molar-refractivity contribution in [1.29, 1.82) is 0 Å². The van der Waals surface area contributed by atoms with E-state index in [1.54, 1.807) is 0 Å². The van der Waals surface area contributed by atoms with E-state index < -0.39 is 0 Å². The molecule has 7 heteroatoms. The maximum Gasteiger partial charge on any atom is 0.252 e. The summed E-state index contributed by atoms with van der Waals surface area (Å²) < 4.78 is 5.56. The Morgan fingerprint density at radius 1 is 0.969 bits per heavy atom. The molecule has 0 saturated heterocycles. The standard InChI is InChI=1S/C25H20N2O5/c28-16-7-15(8-17(29)9-16)21-13-32-23-11-18(30)10-20(24(21)23)25(31)26-6-5-14-12-27-22-4-2-1-3-19(14)22/h1-4,7-13,27-30H,5-6H2,(H,26,31). The molecule has 0 unspecified atom stereocenters. The Morgan fingerprint density at radius 2 is 1.72 bits per heavy atom. The Hall–Kier alpha value is -4.39. The smallest absolute Gasteiger partial charge is 0.252 e. The second-order valence-electron chi connectivity index (χ2n) is 7.62. The summed E-state index contributed by atoms with van der Waals surface area (Å²) in [4.78, 5) is 16.3. The molecule has 32 heavy (non-hydrogen) atoms. The molecule has 0 bridgehead atoms. The molecule has 0 aliphatic carbocycles. The van der Waals surface area contributed by atoms with Gasteiger partial charge in [0, 0.05) is 46.7 Å². The number of phenolic OH excluding ortho intramolecular Hbond substituents is 3. The summed E-state index contributed by atoms with van der Waals surface area (Å²) in [6.45, 7) is 0.401. The van der Waals surface area contributed by atoms with E-state index in [9.17, 15) is 20.1 Å². The predicted molar refractivity (Wildman–Crippen MR) is 121 cm³/mol. The monoisotopic (exact) mass is 428 g/mol. The number of fused-ring (bicyclic) bond motifs is 2. The number of nitrogens with one attached hydrogen (secondary N) is 2. The lowest BCUT2D eigenvalue weighted by atomic mass is 9.99. The van der Waals surface area contributed by atoms with E-state index in [2.05, 4.69) is 10.3 Å². The van der Waals surface area contributed by atoms with Gasteiger partial charge in [0.05, 0.1) is 11.8 Å². The van der Waals surface area contributed by atoms with Crippen molar-refractivity contribution in [2.24, 2.45) is 0 Å². The fourth-order valence-corrected chi connectivity index (χ4v) is 4.04. The van der Waals surface area contributed by atoms with Gasteiger partial charge >= 0.3 is 0 Å². The van der Waals surface area contributed by atoms with Crippen LogP contribution in [0.15, 0.2) is 71.5 Å². The van der Waals surface area contributed by atoms with E-state index in [4.69, 9.17) is 4.42 Å². The van der Waals surface area contributed by atoms with Gasteiger partial charge in [0.25, 0.3) is 5.91 Å². The third kappa shape index (κ3) is 3.50. The Labute approximate surface area is 182 Å². The minimum atomic E-state index is -0.363. The number of aromatic nitrogens is 1. The number of H-pyrrole nitrogens is 1. The van der Waals surface area contributed by atoms with E-state index in [1.165, 1.54) is 36.6 Å². The lowest BCUT2D eigenvalue weighted by molar-refractivity contribution is 0.0955. The van der Waals surface area contributed by atoms with Gasteiger partial charge in [-0.1, -0.05) is 18.2 Å². The van der Waals surface area contributed by atoms with Crippen LogP contribution in [0.4, 0.5) is 0 Å². The van der Waals surface area contributed by atoms with E-state index in [0.29, 0.717) is 35.1 Å². The van der Waals surface area contributed by atoms with Gasteiger partial charge in [-0.2, -0.15) is 0 Å². The molecule has 0 fully saturated rings. The fourth-order valence-electron chi connectivity index (χ4n) is 4.04. The van der Waals surface area contributed by atoms with Crippen LogP contribution in [0.25, 0.3) is 33.0 Å². The van der Waals surface area contributed by atoms with E-state index in [0.717, 1.165) is 16.5 Å². The van der Waals surface area contributed by atoms with Crippen molar-refractivity contribution < 1.29 is 24.5 Å². The molecule has 1 amide bonds. The molecule has 5 N–H and O–H groups in total. The summed E-state index contributed by atoms with van der Waals surface area (Å²) in [7, 11) is 0. The van der Waals surface area contributed by atoms with Crippen LogP contribution in [0.3, 0.4) is 0 Å². The lowest BCUT2D eigenvalue weighted by Gasteiger charge is -2.09. The molecule has 5 rings (SSSR count). The number of amides is 1. The van der Waals surface area contributed by atoms with Gasteiger partial charge in [-0.25, -0.2) is 0 Å². The van der Waals surface area contributed by atoms with Gasteiger partial charge in [0.2, 0.25) is 0 Å². The Bertz CT molecular complexity index is 1440. The minimum absolute atomic E-state index is 0.0982. The summed E-state index contributed by atoms with van der Waals surface area (Å²) >= 11 is 0. The summed E-state index contributed by atoms with van der Waals surface area (Å²) in [5, 5.41) is 34.3. The highest BCUT2D eigenvalue weighted by Crippen LogP contribution is 2.38. The Balaban J connectivity index is 1.45. The zero-order valence-electron chi connectivity index (χ0n) is 16.9. The number of aromatic hydroxyl groups is 3. The number of furan rings is 1. The number of carbonyl (C=O) groups is 1. The molecule has 2 heterocycles. The van der Waals surface area contributed by atoms with Gasteiger partial charge in [0.1, 0.15) is 22.8 Å². The molecule has 3 aromatic carbocycles. The molecule has 0 spiro atoms. The first-order valence-corrected chi connectivity index (χ1v) is 10.1. The first-order valence-electron chi connectivity index (χ1n) is 10.1. The first kappa shape index (κ1) is 19.6. The van der Waals surface area contributed by atoms with Crippen LogP contribution in [0.2, 0.25) is 0 Å². The van der Waals surface area contributed by atoms with Gasteiger partial charge < -0.3 is 30.0 Å². The zero-order valence-corrected chi connectivity index (χ0v) is 16.9. The average molecular weight is 428 g/mol. The van der Waals surface area contributed by atoms with Gasteiger partial charge in [0.15, 0.2) is 0 Å². The van der Waals surface area contributed by atoms with Crippen molar-refractivity contribution in [2.75, 3.05) is 6.54 Å². The van der Waals surface area contributed by atoms with Crippen molar-refractivity contribution in [3.8, 4) is 28.4 Å². The summed E-state index contributed by atoms with van der Waals surface area (Å²) in [6.07, 6.45) is 4.00. The van der Waals surface area contributed by atoms with E-state index in [-0.39, 0.29) is 28.7 Å². The van der Waals surface area contributed by atoms with Crippen molar-refractivity contribution in [2.45, 2.75) is 6.42 Å². The molecule has 0 saturated carbocycles. The number of rotatable bonds is 5. The van der Waals surface area contributed by atoms with Crippen molar-refractivity contribution >= 4 is 27.8 Å². The molecule has 0 aliphatic rings. The molecule has 0 atom stereocenters. The molecular formula is C25H20N2O5. The third-order valence-corrected chi connectivity index (χ3v) is 5.47. The second kappa shape index (κ2) is 7.70. The normalized spacial score (nSPS) is 11.2. The number of aromatic amines is 1. The van der Waals surface area contributed by atoms with Crippen LogP contribution in [-0.4, -0.2) is 32.8 Å². The second-order valence-corrected chi connectivity index (χ2v) is 7.62. The maximum absolute atomic E-state index is 13.0. The minimum Gasteiger partial charge on any atom is -0.508 e. The van der Waals surface area contributed by atoms with Gasteiger partial charge in [-0.3, -0.25) is 4.79 Å². The Kier molecular flexibility index (Phi) is 4.71. The molecule has 7 nitrogen and oxygen atoms in total. The number of hydrogen-bond acceptors (Lipinski definition) is 5. The molecular weight excluding hydrogens is 408 g/mol. The van der Waals surface area contributed by atoms with Crippen molar-refractivity contribution in [3.63, 3.8) is 0 Å². The predicted octanol–water partition coefficient (Wildman–Crippen LogP) is 4.67. The number of hydrogen-bond donors (Lipinski definition) is 5. The van der Waals surface area contributed by atoms with Crippen LogP contribution >= 0.6 is 0 Å². The maximum atomic E-state index is 13.0. The van der Waals surface area contributed by atoms with Gasteiger partial charge in [-0.15, -0.1) is 0 Å². The van der Waals surface area contributed by atoms with Crippen LogP contribution < -0.4 is 5.32 Å². The number of carbonyl (C=O) groups excluding carboxylic acids is 1. The molecule has 0 radical (unpaired) electrons. The van der Waals surface area contributed by atoms with Crippen LogP contribution in [0.1, 0.15) is 15.9 Å². The van der Waals surface area contributed by atoms with Crippen molar-refractivity contribution in [1.82, 2.24) is 10.3 Å². The highest BCUT2D eigenvalue weighted by Gasteiger charge is 2.19. The van der Waals surface area contributed by atoms with E-state index in [1.807, 2.05) is 30.5 Å². The SMILES string of the molecule is O=C(NCCc1c[nH]c2ccccc12)c1cc(O)cc2occ(-c3cc(O)cc(O)c3)c12. The quantitative estimate of drug-likeness (QED) is 0.279. The van der Waals surface area contributed by atoms with E-state index >= 15 is 0 Å². The molecule has 5 aromatic rings. The van der Waals surface area contributed by atoms with Crippen LogP contribution in [0, 0.1) is 0 Å². The first-order chi connectivity index (χ1) is 15.5. The summed E-state index contributed by atoms with van der Waals surface area (Å²) in [5.74, 6) is -0.688. The van der Waals surface area contributed by atoms with Crippen LogP contribution in [0.5, 0.6) is 17.2 Å². The summed E-state index contributed by atoms with van der Waals surface area (Å²) in [6, 6.07) is 14.9. The largest absolute Gasteiger partial charge is 0.508 e. The highest BCUT2D eigenvalue weighted by atomic mass is 16.3. The lowest BCUT2D eigenvalue weighted by Crippen LogP contribution is -2.25. The third-order valence-electron chi connectivity index (χ3n) is 5.47. The zero-order chi connectivity index (χ0) is 22.2. The number of benzene rings is 3. The number of phenols is 3. The molecule has 160 valence electrons. The van der Waals surface area contributed by atoms with Gasteiger partial charge in [-0.05, 0) is 41.8 Å². The molecule has 0 aliphatic heterocycles. The topological polar surface area (TPSA) is 119 Å². The van der Waals surface area contributed by atoms with Crippen LogP contribution in [-0.2, 0) is 6.42 Å².